The maximum absolute atomic E-state index is 13.9. The molecular formula is C14H20FNO2. The molecule has 0 heterocycles. The average molecular weight is 253 g/mol. The highest BCUT2D eigenvalue weighted by Crippen LogP contribution is 2.34. The van der Waals surface area contributed by atoms with E-state index in [1.165, 1.54) is 20.3 Å². The standard InChI is InChI=1S/C14H20FNO2/c1-10-5-6-13(15)12(9-10)14(17-3,18-4)8-7-11(2)16/h5-6,9H,2,7-8,16H2,1,3-4H3. The molecule has 0 spiro atoms. The van der Waals surface area contributed by atoms with E-state index in [4.69, 9.17) is 15.2 Å². The summed E-state index contributed by atoms with van der Waals surface area (Å²) in [5.74, 6) is -1.48. The minimum atomic E-state index is -1.13. The molecule has 0 amide bonds. The van der Waals surface area contributed by atoms with Crippen LogP contribution in [0.15, 0.2) is 30.5 Å². The van der Waals surface area contributed by atoms with Crippen LogP contribution in [0.25, 0.3) is 0 Å². The fraction of sp³-hybridized carbons (Fsp3) is 0.429. The maximum atomic E-state index is 13.9. The van der Waals surface area contributed by atoms with Gasteiger partial charge in [0.1, 0.15) is 5.82 Å². The lowest BCUT2D eigenvalue weighted by atomic mass is 9.97. The molecule has 0 aromatic heterocycles. The van der Waals surface area contributed by atoms with Crippen LogP contribution in [0.4, 0.5) is 4.39 Å². The Bertz CT molecular complexity index is 428. The van der Waals surface area contributed by atoms with E-state index < -0.39 is 5.79 Å². The molecule has 0 saturated heterocycles. The van der Waals surface area contributed by atoms with Crippen molar-refractivity contribution in [2.24, 2.45) is 5.73 Å². The van der Waals surface area contributed by atoms with Gasteiger partial charge >= 0.3 is 0 Å². The number of methoxy groups -OCH3 is 2. The Labute approximate surface area is 107 Å². The van der Waals surface area contributed by atoms with Crippen LogP contribution in [0.5, 0.6) is 0 Å². The van der Waals surface area contributed by atoms with Crippen LogP contribution in [0.3, 0.4) is 0 Å². The van der Waals surface area contributed by atoms with Crippen molar-refractivity contribution in [3.63, 3.8) is 0 Å². The second-order valence-corrected chi connectivity index (χ2v) is 4.30. The minimum absolute atomic E-state index is 0.355. The topological polar surface area (TPSA) is 44.5 Å². The summed E-state index contributed by atoms with van der Waals surface area (Å²) in [6.45, 7) is 5.52. The molecule has 0 aliphatic carbocycles. The zero-order valence-electron chi connectivity index (χ0n) is 11.1. The zero-order chi connectivity index (χ0) is 13.8. The van der Waals surface area contributed by atoms with Crippen molar-refractivity contribution in [2.45, 2.75) is 25.6 Å². The largest absolute Gasteiger partial charge is 0.403 e. The molecule has 1 aromatic rings. The third-order valence-electron chi connectivity index (χ3n) is 2.97. The molecule has 3 nitrogen and oxygen atoms in total. The number of halogens is 1. The van der Waals surface area contributed by atoms with Gasteiger partial charge in [0.05, 0.1) is 0 Å². The first-order valence-corrected chi connectivity index (χ1v) is 5.75. The van der Waals surface area contributed by atoms with Crippen molar-refractivity contribution >= 4 is 0 Å². The molecule has 2 N–H and O–H groups in total. The fourth-order valence-electron chi connectivity index (χ4n) is 1.90. The Balaban J connectivity index is 3.16. The third-order valence-corrected chi connectivity index (χ3v) is 2.97. The van der Waals surface area contributed by atoms with Crippen LogP contribution < -0.4 is 5.73 Å². The smallest absolute Gasteiger partial charge is 0.197 e. The molecule has 0 radical (unpaired) electrons. The van der Waals surface area contributed by atoms with Crippen molar-refractivity contribution < 1.29 is 13.9 Å². The number of rotatable bonds is 6. The van der Waals surface area contributed by atoms with Gasteiger partial charge in [-0.3, -0.25) is 0 Å². The van der Waals surface area contributed by atoms with Crippen LogP contribution >= 0.6 is 0 Å². The summed E-state index contributed by atoms with van der Waals surface area (Å²) in [5, 5.41) is 0. The summed E-state index contributed by atoms with van der Waals surface area (Å²) < 4.78 is 24.8. The highest BCUT2D eigenvalue weighted by molar-refractivity contribution is 5.28. The van der Waals surface area contributed by atoms with Gasteiger partial charge in [-0.1, -0.05) is 18.2 Å². The summed E-state index contributed by atoms with van der Waals surface area (Å²) in [6, 6.07) is 4.84. The molecule has 1 rings (SSSR count). The number of hydrogen-bond acceptors (Lipinski definition) is 3. The molecule has 0 aliphatic heterocycles. The Hall–Kier alpha value is -1.39. The Morgan fingerprint density at radius 1 is 1.39 bits per heavy atom. The SMILES string of the molecule is C=C(N)CCC(OC)(OC)c1cc(C)ccc1F. The van der Waals surface area contributed by atoms with Gasteiger partial charge in [0.25, 0.3) is 0 Å². The summed E-state index contributed by atoms with van der Waals surface area (Å²) >= 11 is 0. The summed E-state index contributed by atoms with van der Waals surface area (Å²) in [6.07, 6.45) is 0.908. The van der Waals surface area contributed by atoms with Crippen LogP contribution in [0, 0.1) is 12.7 Å². The molecular weight excluding hydrogens is 233 g/mol. The number of hydrogen-bond donors (Lipinski definition) is 1. The number of benzene rings is 1. The van der Waals surface area contributed by atoms with Gasteiger partial charge in [0.15, 0.2) is 5.79 Å². The highest BCUT2D eigenvalue weighted by Gasteiger charge is 2.34. The molecule has 0 fully saturated rings. The predicted molar refractivity (Wildman–Crippen MR) is 69.4 cm³/mol. The van der Waals surface area contributed by atoms with Gasteiger partial charge in [0.2, 0.25) is 0 Å². The molecule has 0 atom stereocenters. The molecule has 18 heavy (non-hydrogen) atoms. The fourth-order valence-corrected chi connectivity index (χ4v) is 1.90. The van der Waals surface area contributed by atoms with E-state index in [-0.39, 0.29) is 5.82 Å². The van der Waals surface area contributed by atoms with Crippen molar-refractivity contribution in [3.8, 4) is 0 Å². The number of allylic oxidation sites excluding steroid dienone is 1. The number of aryl methyl sites for hydroxylation is 1. The molecule has 0 unspecified atom stereocenters. The Kier molecular flexibility index (Phi) is 4.87. The summed E-state index contributed by atoms with van der Waals surface area (Å²) in [5.41, 5.74) is 7.40. The molecule has 0 bridgehead atoms. The van der Waals surface area contributed by atoms with E-state index in [1.54, 1.807) is 12.1 Å². The van der Waals surface area contributed by atoms with E-state index >= 15 is 0 Å². The first kappa shape index (κ1) is 14.7. The second kappa shape index (κ2) is 5.98. The van der Waals surface area contributed by atoms with E-state index in [0.29, 0.717) is 24.1 Å². The minimum Gasteiger partial charge on any atom is -0.403 e. The van der Waals surface area contributed by atoms with Gasteiger partial charge in [-0.15, -0.1) is 0 Å². The van der Waals surface area contributed by atoms with Gasteiger partial charge in [0, 0.05) is 31.9 Å². The lowest BCUT2D eigenvalue weighted by Gasteiger charge is -2.32. The molecule has 1 aromatic carbocycles. The quantitative estimate of drug-likeness (QED) is 0.793. The van der Waals surface area contributed by atoms with E-state index in [1.807, 2.05) is 6.92 Å². The second-order valence-electron chi connectivity index (χ2n) is 4.30. The highest BCUT2D eigenvalue weighted by atomic mass is 19.1. The lowest BCUT2D eigenvalue weighted by Crippen LogP contribution is -2.32. The summed E-state index contributed by atoms with van der Waals surface area (Å²) in [7, 11) is 2.98. The van der Waals surface area contributed by atoms with Crippen LogP contribution in [0.1, 0.15) is 24.0 Å². The van der Waals surface area contributed by atoms with E-state index in [9.17, 15) is 4.39 Å². The first-order chi connectivity index (χ1) is 8.45. The zero-order valence-corrected chi connectivity index (χ0v) is 11.1. The van der Waals surface area contributed by atoms with Crippen molar-refractivity contribution in [3.05, 3.63) is 47.4 Å². The van der Waals surface area contributed by atoms with Crippen LogP contribution in [-0.4, -0.2) is 14.2 Å². The Morgan fingerprint density at radius 2 is 2.00 bits per heavy atom. The lowest BCUT2D eigenvalue weighted by molar-refractivity contribution is -0.221. The van der Waals surface area contributed by atoms with Gasteiger partial charge < -0.3 is 15.2 Å². The van der Waals surface area contributed by atoms with Gasteiger partial charge in [-0.25, -0.2) is 4.39 Å². The molecule has 0 aliphatic rings. The molecule has 100 valence electrons. The van der Waals surface area contributed by atoms with Crippen LogP contribution in [0.2, 0.25) is 0 Å². The van der Waals surface area contributed by atoms with E-state index in [2.05, 4.69) is 6.58 Å². The van der Waals surface area contributed by atoms with Gasteiger partial charge in [-0.2, -0.15) is 0 Å². The summed E-state index contributed by atoms with van der Waals surface area (Å²) in [4.78, 5) is 0. The molecule has 0 saturated carbocycles. The number of ether oxygens (including phenoxy) is 2. The first-order valence-electron chi connectivity index (χ1n) is 5.75. The van der Waals surface area contributed by atoms with Crippen molar-refractivity contribution in [1.82, 2.24) is 0 Å². The van der Waals surface area contributed by atoms with Gasteiger partial charge in [-0.05, 0) is 25.5 Å². The van der Waals surface area contributed by atoms with Crippen LogP contribution in [-0.2, 0) is 15.3 Å². The third kappa shape index (κ3) is 3.09. The Morgan fingerprint density at radius 3 is 2.50 bits per heavy atom. The molecule has 4 heteroatoms. The predicted octanol–water partition coefficient (Wildman–Crippen LogP) is 2.83. The van der Waals surface area contributed by atoms with E-state index in [0.717, 1.165) is 5.56 Å². The monoisotopic (exact) mass is 253 g/mol. The average Bonchev–Trinajstić information content (AvgIpc) is 2.35. The maximum Gasteiger partial charge on any atom is 0.197 e. The normalized spacial score (nSPS) is 11.6. The van der Waals surface area contributed by atoms with Crippen molar-refractivity contribution in [1.29, 1.82) is 0 Å². The van der Waals surface area contributed by atoms with Crippen molar-refractivity contribution in [2.75, 3.05) is 14.2 Å². The number of nitrogens with two attached hydrogens (primary N) is 1.